The number of guanidine groups is 1. The van der Waals surface area contributed by atoms with E-state index in [2.05, 4.69) is 68.1 Å². The molecule has 1 aliphatic heterocycles. The second-order valence-electron chi connectivity index (χ2n) is 7.58. The van der Waals surface area contributed by atoms with Gasteiger partial charge in [-0.1, -0.05) is 48.0 Å². The lowest BCUT2D eigenvalue weighted by molar-refractivity contribution is 0.375. The molecule has 1 fully saturated rings. The summed E-state index contributed by atoms with van der Waals surface area (Å²) in [7, 11) is 0. The van der Waals surface area contributed by atoms with Crippen molar-refractivity contribution in [3.8, 4) is 0 Å². The molecule has 1 saturated heterocycles. The van der Waals surface area contributed by atoms with Gasteiger partial charge in [-0.3, -0.25) is 9.39 Å². The Hall–Kier alpha value is -3.15. The molecule has 1 aliphatic rings. The monoisotopic (exact) mass is 402 g/mol. The van der Waals surface area contributed by atoms with Gasteiger partial charge in [-0.05, 0) is 43.9 Å². The van der Waals surface area contributed by atoms with Crippen LogP contribution in [0, 0.1) is 0 Å². The number of nitrogens with one attached hydrogen (secondary N) is 1. The van der Waals surface area contributed by atoms with Crippen LogP contribution in [0.5, 0.6) is 0 Å². The molecule has 1 aromatic carbocycles. The molecular weight excluding hydrogens is 372 g/mol. The average molecular weight is 403 g/mol. The normalized spacial score (nSPS) is 14.9. The number of aryl methyl sites for hydroxylation is 1. The molecule has 0 amide bonds. The Kier molecular flexibility index (Phi) is 6.75. The van der Waals surface area contributed by atoms with Crippen molar-refractivity contribution in [3.63, 3.8) is 0 Å². The highest BCUT2D eigenvalue weighted by Gasteiger charge is 2.17. The van der Waals surface area contributed by atoms with Crippen LogP contribution < -0.4 is 5.32 Å². The van der Waals surface area contributed by atoms with E-state index in [9.17, 15) is 0 Å². The molecule has 156 valence electrons. The van der Waals surface area contributed by atoms with Crippen molar-refractivity contribution in [2.24, 2.45) is 4.99 Å². The maximum Gasteiger partial charge on any atom is 0.193 e. The smallest absolute Gasteiger partial charge is 0.193 e. The van der Waals surface area contributed by atoms with E-state index in [0.29, 0.717) is 0 Å². The summed E-state index contributed by atoms with van der Waals surface area (Å²) in [5, 5.41) is 12.0. The minimum atomic E-state index is 0.785. The molecule has 0 spiro atoms. The molecule has 2 aromatic heterocycles. The third-order valence-corrected chi connectivity index (χ3v) is 5.41. The quantitative estimate of drug-likeness (QED) is 0.387. The lowest BCUT2D eigenvalue weighted by Gasteiger charge is -2.31. The standard InChI is InChI=1S/C24H30N6/c1-2-25-24(26-15-8-12-23-28-27-22-11-6-7-16-30(22)23)29-17-13-21(14-18-29)19-20-9-4-3-5-10-20/h3-7,9-11,16,19H,2,8,12-15,17-18H2,1H3,(H,25,26). The number of likely N-dealkylation sites (tertiary alicyclic amines) is 1. The number of benzene rings is 1. The van der Waals surface area contributed by atoms with Crippen LogP contribution in [0.15, 0.2) is 65.3 Å². The highest BCUT2D eigenvalue weighted by atomic mass is 15.3. The molecule has 3 aromatic rings. The molecule has 6 nitrogen and oxygen atoms in total. The first-order chi connectivity index (χ1) is 14.8. The van der Waals surface area contributed by atoms with Crippen molar-refractivity contribution in [1.29, 1.82) is 0 Å². The predicted molar refractivity (Wildman–Crippen MR) is 123 cm³/mol. The lowest BCUT2D eigenvalue weighted by atomic mass is 10.0. The first-order valence-electron chi connectivity index (χ1n) is 10.9. The zero-order valence-corrected chi connectivity index (χ0v) is 17.7. The Balaban J connectivity index is 1.31. The third-order valence-electron chi connectivity index (χ3n) is 5.41. The molecule has 0 unspecified atom stereocenters. The number of pyridine rings is 1. The van der Waals surface area contributed by atoms with Crippen LogP contribution in [0.3, 0.4) is 0 Å². The van der Waals surface area contributed by atoms with E-state index in [0.717, 1.165) is 69.3 Å². The van der Waals surface area contributed by atoms with Crippen molar-refractivity contribution >= 4 is 17.7 Å². The molecular formula is C24H30N6. The van der Waals surface area contributed by atoms with Crippen molar-refractivity contribution in [2.75, 3.05) is 26.2 Å². The summed E-state index contributed by atoms with van der Waals surface area (Å²) in [6, 6.07) is 16.6. The number of rotatable bonds is 6. The predicted octanol–water partition coefficient (Wildman–Crippen LogP) is 3.81. The summed E-state index contributed by atoms with van der Waals surface area (Å²) >= 11 is 0. The van der Waals surface area contributed by atoms with E-state index in [1.54, 1.807) is 0 Å². The number of piperidine rings is 1. The minimum Gasteiger partial charge on any atom is -0.357 e. The van der Waals surface area contributed by atoms with Gasteiger partial charge in [0.05, 0.1) is 0 Å². The average Bonchev–Trinajstić information content (AvgIpc) is 3.20. The number of fused-ring (bicyclic) bond motifs is 1. The van der Waals surface area contributed by atoms with Gasteiger partial charge in [-0.15, -0.1) is 10.2 Å². The Bertz CT molecular complexity index is 995. The molecule has 1 N–H and O–H groups in total. The number of hydrogen-bond acceptors (Lipinski definition) is 3. The summed E-state index contributed by atoms with van der Waals surface area (Å²) in [5.41, 5.74) is 3.71. The second kappa shape index (κ2) is 10.1. The number of hydrogen-bond donors (Lipinski definition) is 1. The molecule has 3 heterocycles. The van der Waals surface area contributed by atoms with Crippen LogP contribution in [-0.2, 0) is 6.42 Å². The molecule has 0 atom stereocenters. The van der Waals surface area contributed by atoms with Crippen LogP contribution in [0.4, 0.5) is 0 Å². The number of aromatic nitrogens is 3. The van der Waals surface area contributed by atoms with Gasteiger partial charge in [-0.25, -0.2) is 0 Å². The van der Waals surface area contributed by atoms with Gasteiger partial charge in [0.1, 0.15) is 5.82 Å². The molecule has 30 heavy (non-hydrogen) atoms. The van der Waals surface area contributed by atoms with Gasteiger partial charge in [0, 0.05) is 38.8 Å². The Morgan fingerprint density at radius 1 is 1.07 bits per heavy atom. The molecule has 0 bridgehead atoms. The fourth-order valence-corrected chi connectivity index (χ4v) is 3.84. The number of nitrogens with zero attached hydrogens (tertiary/aromatic N) is 5. The van der Waals surface area contributed by atoms with Gasteiger partial charge >= 0.3 is 0 Å². The van der Waals surface area contributed by atoms with Crippen LogP contribution in [-0.4, -0.2) is 51.6 Å². The van der Waals surface area contributed by atoms with Crippen LogP contribution in [0.25, 0.3) is 11.7 Å². The summed E-state index contributed by atoms with van der Waals surface area (Å²) in [4.78, 5) is 7.27. The summed E-state index contributed by atoms with van der Waals surface area (Å²) < 4.78 is 2.06. The Labute approximate surface area is 178 Å². The van der Waals surface area contributed by atoms with Crippen LogP contribution >= 0.6 is 0 Å². The van der Waals surface area contributed by atoms with Crippen molar-refractivity contribution in [3.05, 3.63) is 71.7 Å². The maximum atomic E-state index is 4.88. The van der Waals surface area contributed by atoms with Crippen molar-refractivity contribution in [1.82, 2.24) is 24.8 Å². The van der Waals surface area contributed by atoms with E-state index < -0.39 is 0 Å². The first kappa shape index (κ1) is 20.1. The van der Waals surface area contributed by atoms with E-state index in [1.807, 2.05) is 24.4 Å². The zero-order valence-electron chi connectivity index (χ0n) is 17.7. The Morgan fingerprint density at radius 2 is 1.87 bits per heavy atom. The van der Waals surface area contributed by atoms with Crippen molar-refractivity contribution < 1.29 is 0 Å². The molecule has 6 heteroatoms. The molecule has 0 saturated carbocycles. The van der Waals surface area contributed by atoms with E-state index in [1.165, 1.54) is 11.1 Å². The molecule has 0 aliphatic carbocycles. The van der Waals surface area contributed by atoms with Gasteiger partial charge in [0.15, 0.2) is 11.6 Å². The number of aliphatic imine (C=N–C) groups is 1. The summed E-state index contributed by atoms with van der Waals surface area (Å²) in [5.74, 6) is 2.03. The van der Waals surface area contributed by atoms with Gasteiger partial charge in [0.25, 0.3) is 0 Å². The molecule has 4 rings (SSSR count). The first-order valence-corrected chi connectivity index (χ1v) is 10.9. The Morgan fingerprint density at radius 3 is 2.67 bits per heavy atom. The van der Waals surface area contributed by atoms with Crippen LogP contribution in [0.1, 0.15) is 37.6 Å². The summed E-state index contributed by atoms with van der Waals surface area (Å²) in [6.45, 7) is 5.82. The fraction of sp³-hybridized carbons (Fsp3) is 0.375. The minimum absolute atomic E-state index is 0.785. The highest BCUT2D eigenvalue weighted by Crippen LogP contribution is 2.19. The van der Waals surface area contributed by atoms with E-state index in [-0.39, 0.29) is 0 Å². The highest BCUT2D eigenvalue weighted by molar-refractivity contribution is 5.80. The maximum absolute atomic E-state index is 4.88. The second-order valence-corrected chi connectivity index (χ2v) is 7.58. The van der Waals surface area contributed by atoms with Gasteiger partial charge in [0.2, 0.25) is 0 Å². The fourth-order valence-electron chi connectivity index (χ4n) is 3.84. The van der Waals surface area contributed by atoms with E-state index >= 15 is 0 Å². The van der Waals surface area contributed by atoms with Gasteiger partial charge < -0.3 is 10.2 Å². The van der Waals surface area contributed by atoms with E-state index in [4.69, 9.17) is 4.99 Å². The zero-order chi connectivity index (χ0) is 20.6. The molecule has 0 radical (unpaired) electrons. The topological polar surface area (TPSA) is 57.8 Å². The lowest BCUT2D eigenvalue weighted by Crippen LogP contribution is -2.44. The third kappa shape index (κ3) is 5.06. The largest absolute Gasteiger partial charge is 0.357 e. The summed E-state index contributed by atoms with van der Waals surface area (Å²) in [6.07, 6.45) is 8.36. The van der Waals surface area contributed by atoms with Gasteiger partial charge in [-0.2, -0.15) is 0 Å². The SMILES string of the molecule is CCNC(=NCCCc1nnc2ccccn12)N1CCC(=Cc2ccccc2)CC1. The van der Waals surface area contributed by atoms with Crippen LogP contribution in [0.2, 0.25) is 0 Å². The van der Waals surface area contributed by atoms with Crippen molar-refractivity contribution in [2.45, 2.75) is 32.6 Å².